The second-order valence-electron chi connectivity index (χ2n) is 4.25. The van der Waals surface area contributed by atoms with Gasteiger partial charge >= 0.3 is 6.18 Å². The summed E-state index contributed by atoms with van der Waals surface area (Å²) in [5, 5.41) is 7.09. The van der Waals surface area contributed by atoms with E-state index in [2.05, 4.69) is 21.2 Å². The zero-order valence-electron chi connectivity index (χ0n) is 10.8. The molecular formula is C11H12BrF3N2O3S. The van der Waals surface area contributed by atoms with E-state index < -0.39 is 35.1 Å². The molecule has 0 bridgehead atoms. The Bertz CT molecular complexity index is 659. The zero-order chi connectivity index (χ0) is 16.4. The minimum absolute atomic E-state index is 0.0984. The number of nitrogens with two attached hydrogens (primary N) is 1. The quantitative estimate of drug-likeness (QED) is 0.827. The lowest BCUT2D eigenvalue weighted by Crippen LogP contribution is -2.28. The molecule has 1 aromatic carbocycles. The zero-order valence-corrected chi connectivity index (χ0v) is 13.2. The second-order valence-corrected chi connectivity index (χ2v) is 6.63. The molecule has 1 rings (SSSR count). The number of hydrogen-bond donors (Lipinski definition) is 2. The molecule has 0 heterocycles. The van der Waals surface area contributed by atoms with Gasteiger partial charge in [-0.15, -0.1) is 0 Å². The van der Waals surface area contributed by atoms with E-state index in [0.29, 0.717) is 10.0 Å². The van der Waals surface area contributed by atoms with E-state index in [9.17, 15) is 26.4 Å². The highest BCUT2D eigenvalue weighted by Gasteiger charge is 2.27. The van der Waals surface area contributed by atoms with Crippen LogP contribution in [0, 0.1) is 6.92 Å². The molecule has 0 atom stereocenters. The number of alkyl halides is 3. The van der Waals surface area contributed by atoms with Crippen molar-refractivity contribution in [2.45, 2.75) is 24.4 Å². The SMILES string of the molecule is Cc1c(Br)cc(C(=O)NCCC(F)(F)F)cc1S(N)(=O)=O. The summed E-state index contributed by atoms with van der Waals surface area (Å²) in [5.74, 6) is -0.815. The van der Waals surface area contributed by atoms with Gasteiger partial charge in [0.2, 0.25) is 10.0 Å². The largest absolute Gasteiger partial charge is 0.390 e. The first-order valence-corrected chi connectivity index (χ1v) is 7.93. The molecule has 10 heteroatoms. The fraction of sp³-hybridized carbons (Fsp3) is 0.364. The predicted molar refractivity (Wildman–Crippen MR) is 73.3 cm³/mol. The molecule has 0 saturated heterocycles. The Labute approximate surface area is 127 Å². The fourth-order valence-electron chi connectivity index (χ4n) is 1.50. The van der Waals surface area contributed by atoms with Gasteiger partial charge in [0, 0.05) is 16.6 Å². The first-order valence-electron chi connectivity index (χ1n) is 5.60. The number of carbonyl (C=O) groups excluding carboxylic acids is 1. The number of amides is 1. The molecule has 0 saturated carbocycles. The van der Waals surface area contributed by atoms with Gasteiger partial charge in [-0.2, -0.15) is 13.2 Å². The first kappa shape index (κ1) is 17.9. The number of primary sulfonamides is 1. The lowest BCUT2D eigenvalue weighted by Gasteiger charge is -2.11. The van der Waals surface area contributed by atoms with Gasteiger partial charge in [-0.1, -0.05) is 15.9 Å². The number of benzene rings is 1. The number of sulfonamides is 1. The standard InChI is InChI=1S/C11H12BrF3N2O3S/c1-6-8(12)4-7(5-9(6)21(16,19)20)10(18)17-3-2-11(13,14)15/h4-5H,2-3H2,1H3,(H,17,18)(H2,16,19,20). The van der Waals surface area contributed by atoms with Gasteiger partial charge in [0.05, 0.1) is 11.3 Å². The molecular weight excluding hydrogens is 377 g/mol. The smallest absolute Gasteiger partial charge is 0.352 e. The Kier molecular flexibility index (Phi) is 5.40. The minimum atomic E-state index is -4.38. The average molecular weight is 389 g/mol. The first-order chi connectivity index (χ1) is 9.42. The monoisotopic (exact) mass is 388 g/mol. The van der Waals surface area contributed by atoms with Crippen LogP contribution in [0.4, 0.5) is 13.2 Å². The molecule has 21 heavy (non-hydrogen) atoms. The third-order valence-corrected chi connectivity index (χ3v) is 4.42. The lowest BCUT2D eigenvalue weighted by molar-refractivity contribution is -0.132. The molecule has 3 N–H and O–H groups in total. The normalized spacial score (nSPS) is 12.3. The third kappa shape index (κ3) is 5.29. The summed E-state index contributed by atoms with van der Waals surface area (Å²) >= 11 is 3.08. The summed E-state index contributed by atoms with van der Waals surface area (Å²) < 4.78 is 59.1. The topological polar surface area (TPSA) is 89.3 Å². The molecule has 0 aromatic heterocycles. The number of halogens is 4. The summed E-state index contributed by atoms with van der Waals surface area (Å²) in [6.45, 7) is 0.883. The second kappa shape index (κ2) is 6.32. The van der Waals surface area contributed by atoms with Crippen LogP contribution in [-0.2, 0) is 10.0 Å². The number of rotatable bonds is 4. The van der Waals surface area contributed by atoms with E-state index in [1.807, 2.05) is 0 Å². The van der Waals surface area contributed by atoms with Gasteiger partial charge in [0.25, 0.3) is 5.91 Å². The molecule has 0 aliphatic carbocycles. The Morgan fingerprint density at radius 1 is 1.38 bits per heavy atom. The summed E-state index contributed by atoms with van der Waals surface area (Å²) in [7, 11) is -4.05. The molecule has 0 unspecified atom stereocenters. The van der Waals surface area contributed by atoms with Gasteiger partial charge in [-0.05, 0) is 24.6 Å². The van der Waals surface area contributed by atoms with Crippen LogP contribution < -0.4 is 10.5 Å². The van der Waals surface area contributed by atoms with Crippen LogP contribution in [0.15, 0.2) is 21.5 Å². The number of hydrogen-bond acceptors (Lipinski definition) is 3. The highest BCUT2D eigenvalue weighted by molar-refractivity contribution is 9.10. The molecule has 0 radical (unpaired) electrons. The Morgan fingerprint density at radius 2 is 1.95 bits per heavy atom. The maximum absolute atomic E-state index is 12.0. The van der Waals surface area contributed by atoms with Crippen molar-refractivity contribution in [1.82, 2.24) is 5.32 Å². The van der Waals surface area contributed by atoms with Crippen molar-refractivity contribution in [2.24, 2.45) is 5.14 Å². The van der Waals surface area contributed by atoms with Crippen molar-refractivity contribution in [2.75, 3.05) is 6.54 Å². The van der Waals surface area contributed by atoms with E-state index in [1.54, 1.807) is 0 Å². The van der Waals surface area contributed by atoms with Crippen molar-refractivity contribution in [3.63, 3.8) is 0 Å². The van der Waals surface area contributed by atoms with Crippen molar-refractivity contribution < 1.29 is 26.4 Å². The predicted octanol–water partition coefficient (Wildman–Crippen LogP) is 2.09. The van der Waals surface area contributed by atoms with Crippen molar-refractivity contribution in [3.05, 3.63) is 27.7 Å². The number of nitrogens with one attached hydrogen (secondary N) is 1. The van der Waals surface area contributed by atoms with Crippen LogP contribution in [0.5, 0.6) is 0 Å². The minimum Gasteiger partial charge on any atom is -0.352 e. The highest BCUT2D eigenvalue weighted by atomic mass is 79.9. The number of carbonyl (C=O) groups is 1. The van der Waals surface area contributed by atoms with Crippen LogP contribution in [0.1, 0.15) is 22.3 Å². The van der Waals surface area contributed by atoms with Crippen LogP contribution in [0.25, 0.3) is 0 Å². The van der Waals surface area contributed by atoms with Crippen LogP contribution in [-0.4, -0.2) is 27.0 Å². The maximum Gasteiger partial charge on any atom is 0.390 e. The molecule has 0 aliphatic rings. The van der Waals surface area contributed by atoms with Gasteiger partial charge in [-0.25, -0.2) is 13.6 Å². The summed E-state index contributed by atoms with van der Waals surface area (Å²) in [5.41, 5.74) is 0.211. The van der Waals surface area contributed by atoms with Crippen molar-refractivity contribution >= 4 is 31.9 Å². The summed E-state index contributed by atoms with van der Waals surface area (Å²) in [4.78, 5) is 11.5. The van der Waals surface area contributed by atoms with Crippen molar-refractivity contribution in [1.29, 1.82) is 0 Å². The van der Waals surface area contributed by atoms with Gasteiger partial charge in [-0.3, -0.25) is 4.79 Å². The molecule has 118 valence electrons. The molecule has 1 aromatic rings. The molecule has 0 spiro atoms. The van der Waals surface area contributed by atoms with Crippen LogP contribution >= 0.6 is 15.9 Å². The lowest BCUT2D eigenvalue weighted by atomic mass is 10.1. The van der Waals surface area contributed by atoms with E-state index in [4.69, 9.17) is 5.14 Å². The van der Waals surface area contributed by atoms with Gasteiger partial charge < -0.3 is 5.32 Å². The van der Waals surface area contributed by atoms with E-state index >= 15 is 0 Å². The molecule has 1 amide bonds. The third-order valence-electron chi connectivity index (χ3n) is 2.56. The van der Waals surface area contributed by atoms with Gasteiger partial charge in [0.1, 0.15) is 0 Å². The van der Waals surface area contributed by atoms with E-state index in [0.717, 1.165) is 6.07 Å². The van der Waals surface area contributed by atoms with Crippen LogP contribution in [0.3, 0.4) is 0 Å². The van der Waals surface area contributed by atoms with E-state index in [-0.39, 0.29) is 10.5 Å². The Balaban J connectivity index is 2.99. The molecule has 0 aliphatic heterocycles. The fourth-order valence-corrected chi connectivity index (χ4v) is 2.92. The summed E-state index contributed by atoms with van der Waals surface area (Å²) in [6.07, 6.45) is -5.55. The van der Waals surface area contributed by atoms with Gasteiger partial charge in [0.15, 0.2) is 0 Å². The molecule has 0 fully saturated rings. The molecule has 5 nitrogen and oxygen atoms in total. The summed E-state index contributed by atoms with van der Waals surface area (Å²) in [6, 6.07) is 2.34. The Hall–Kier alpha value is -1.13. The van der Waals surface area contributed by atoms with Crippen LogP contribution in [0.2, 0.25) is 0 Å². The highest BCUT2D eigenvalue weighted by Crippen LogP contribution is 2.25. The van der Waals surface area contributed by atoms with E-state index in [1.165, 1.54) is 13.0 Å². The Morgan fingerprint density at radius 3 is 2.43 bits per heavy atom. The van der Waals surface area contributed by atoms with Crippen molar-refractivity contribution in [3.8, 4) is 0 Å². The average Bonchev–Trinajstić information content (AvgIpc) is 2.29. The maximum atomic E-state index is 12.0.